The van der Waals surface area contributed by atoms with Gasteiger partial charge in [0.05, 0.1) is 11.3 Å². The van der Waals surface area contributed by atoms with Gasteiger partial charge in [0.1, 0.15) is 11.1 Å². The molecule has 0 bridgehead atoms. The molecule has 1 aliphatic rings. The Hall–Kier alpha value is -3.61. The molecule has 1 aromatic heterocycles. The molecule has 160 valence electrons. The van der Waals surface area contributed by atoms with Gasteiger partial charge in [0.15, 0.2) is 0 Å². The SMILES string of the molecule is CC(C)(C)OC(=O)N1C=C(c2ccc(-n3cc4cccc(C(=O)O)c4n3)cc2)CCC1. The molecular formula is C24H25N3O4. The van der Waals surface area contributed by atoms with Gasteiger partial charge in [-0.25, -0.2) is 14.3 Å². The summed E-state index contributed by atoms with van der Waals surface area (Å²) in [6, 6.07) is 13.0. The molecule has 1 N–H and O–H groups in total. The van der Waals surface area contributed by atoms with Crippen LogP contribution in [0.4, 0.5) is 4.79 Å². The van der Waals surface area contributed by atoms with Gasteiger partial charge in [-0.15, -0.1) is 0 Å². The number of rotatable bonds is 3. The van der Waals surface area contributed by atoms with Crippen LogP contribution in [0.5, 0.6) is 0 Å². The van der Waals surface area contributed by atoms with Crippen LogP contribution >= 0.6 is 0 Å². The largest absolute Gasteiger partial charge is 0.478 e. The zero-order valence-electron chi connectivity index (χ0n) is 17.8. The minimum atomic E-state index is -0.995. The predicted octanol–water partition coefficient (Wildman–Crippen LogP) is 5.10. The van der Waals surface area contributed by atoms with Crippen LogP contribution in [0.25, 0.3) is 22.2 Å². The fourth-order valence-electron chi connectivity index (χ4n) is 3.62. The van der Waals surface area contributed by atoms with E-state index in [1.54, 1.807) is 21.7 Å². The van der Waals surface area contributed by atoms with Gasteiger partial charge in [0.25, 0.3) is 0 Å². The first-order chi connectivity index (χ1) is 14.7. The zero-order valence-corrected chi connectivity index (χ0v) is 17.8. The molecule has 0 saturated carbocycles. The number of allylic oxidation sites excluding steroid dienone is 1. The molecular weight excluding hydrogens is 394 g/mol. The topological polar surface area (TPSA) is 84.7 Å². The van der Waals surface area contributed by atoms with Crippen molar-refractivity contribution in [2.75, 3.05) is 6.54 Å². The summed E-state index contributed by atoms with van der Waals surface area (Å²) in [6.45, 7) is 6.21. The smallest absolute Gasteiger partial charge is 0.414 e. The molecule has 2 aromatic carbocycles. The highest BCUT2D eigenvalue weighted by atomic mass is 16.6. The third-order valence-electron chi connectivity index (χ3n) is 5.05. The Balaban J connectivity index is 1.58. The second-order valence-corrected chi connectivity index (χ2v) is 8.60. The molecule has 1 amide bonds. The average molecular weight is 419 g/mol. The number of aromatic nitrogens is 2. The summed E-state index contributed by atoms with van der Waals surface area (Å²) in [5.74, 6) is -0.995. The standard InChI is InChI=1S/C24H25N3O4/c1-24(2,3)31-23(30)26-13-5-7-17(14-26)16-9-11-19(12-10-16)27-15-18-6-4-8-20(22(28)29)21(18)25-27/h4,6,8-12,14-15H,5,7,13H2,1-3H3,(H,28,29). The van der Waals surface area contributed by atoms with Gasteiger partial charge >= 0.3 is 12.1 Å². The van der Waals surface area contributed by atoms with Gasteiger partial charge < -0.3 is 9.84 Å². The van der Waals surface area contributed by atoms with Crippen molar-refractivity contribution in [2.45, 2.75) is 39.2 Å². The molecule has 0 saturated heterocycles. The normalized spacial score (nSPS) is 14.4. The van der Waals surface area contributed by atoms with E-state index in [0.717, 1.165) is 35.1 Å². The summed E-state index contributed by atoms with van der Waals surface area (Å²) in [5, 5.41) is 14.6. The maximum Gasteiger partial charge on any atom is 0.414 e. The molecule has 0 fully saturated rings. The Morgan fingerprint density at radius 2 is 1.84 bits per heavy atom. The third kappa shape index (κ3) is 4.45. The van der Waals surface area contributed by atoms with Crippen molar-refractivity contribution in [1.82, 2.24) is 14.7 Å². The van der Waals surface area contributed by atoms with Crippen LogP contribution in [0, 0.1) is 0 Å². The third-order valence-corrected chi connectivity index (χ3v) is 5.05. The van der Waals surface area contributed by atoms with Crippen LogP contribution in [-0.2, 0) is 4.74 Å². The lowest BCUT2D eigenvalue weighted by Crippen LogP contribution is -2.35. The highest BCUT2D eigenvalue weighted by Crippen LogP contribution is 2.27. The minimum absolute atomic E-state index is 0.183. The van der Waals surface area contributed by atoms with Crippen molar-refractivity contribution < 1.29 is 19.4 Å². The number of carbonyl (C=O) groups is 2. The van der Waals surface area contributed by atoms with Gasteiger partial charge in [0, 0.05) is 24.3 Å². The average Bonchev–Trinajstić information content (AvgIpc) is 3.17. The lowest BCUT2D eigenvalue weighted by Gasteiger charge is -2.28. The minimum Gasteiger partial charge on any atom is -0.478 e. The number of carbonyl (C=O) groups excluding carboxylic acids is 1. The molecule has 0 aliphatic carbocycles. The predicted molar refractivity (Wildman–Crippen MR) is 118 cm³/mol. The fourth-order valence-corrected chi connectivity index (χ4v) is 3.62. The lowest BCUT2D eigenvalue weighted by molar-refractivity contribution is 0.0329. The van der Waals surface area contributed by atoms with Crippen molar-refractivity contribution in [2.24, 2.45) is 0 Å². The second-order valence-electron chi connectivity index (χ2n) is 8.60. The summed E-state index contributed by atoms with van der Waals surface area (Å²) < 4.78 is 7.17. The van der Waals surface area contributed by atoms with Crippen molar-refractivity contribution in [1.29, 1.82) is 0 Å². The number of carboxylic acid groups (broad SMARTS) is 1. The molecule has 1 aliphatic heterocycles. The van der Waals surface area contributed by atoms with E-state index in [0.29, 0.717) is 12.1 Å². The summed E-state index contributed by atoms with van der Waals surface area (Å²) in [7, 11) is 0. The number of nitrogens with zero attached hydrogens (tertiary/aromatic N) is 3. The second kappa shape index (κ2) is 7.91. The summed E-state index contributed by atoms with van der Waals surface area (Å²) >= 11 is 0. The maximum absolute atomic E-state index is 12.4. The van der Waals surface area contributed by atoms with Gasteiger partial charge in [-0.3, -0.25) is 4.90 Å². The first-order valence-electron chi connectivity index (χ1n) is 10.2. The van der Waals surface area contributed by atoms with Crippen molar-refractivity contribution in [3.63, 3.8) is 0 Å². The van der Waals surface area contributed by atoms with E-state index in [4.69, 9.17) is 4.74 Å². The number of hydrogen-bond acceptors (Lipinski definition) is 4. The molecule has 7 heteroatoms. The van der Waals surface area contributed by atoms with Crippen molar-refractivity contribution >= 4 is 28.5 Å². The van der Waals surface area contributed by atoms with Crippen LogP contribution in [0.2, 0.25) is 0 Å². The van der Waals surface area contributed by atoms with Gasteiger partial charge in [-0.05, 0) is 62.9 Å². The zero-order chi connectivity index (χ0) is 22.2. The van der Waals surface area contributed by atoms with Crippen LogP contribution in [0.15, 0.2) is 54.9 Å². The Labute approximate surface area is 180 Å². The van der Waals surface area contributed by atoms with Crippen LogP contribution < -0.4 is 0 Å². The highest BCUT2D eigenvalue weighted by molar-refractivity contribution is 6.01. The number of aromatic carboxylic acids is 1. The van der Waals surface area contributed by atoms with E-state index in [-0.39, 0.29) is 11.7 Å². The van der Waals surface area contributed by atoms with Gasteiger partial charge in [0.2, 0.25) is 0 Å². The quantitative estimate of drug-likeness (QED) is 0.639. The number of carboxylic acids is 1. The first kappa shape index (κ1) is 20.7. The molecule has 0 unspecified atom stereocenters. The van der Waals surface area contributed by atoms with Gasteiger partial charge in [-0.1, -0.05) is 24.3 Å². The molecule has 0 spiro atoms. The Morgan fingerprint density at radius 3 is 2.52 bits per heavy atom. The number of amides is 1. The highest BCUT2D eigenvalue weighted by Gasteiger charge is 2.23. The molecule has 0 atom stereocenters. The Morgan fingerprint density at radius 1 is 1.10 bits per heavy atom. The number of benzene rings is 2. The number of fused-ring (bicyclic) bond motifs is 1. The Kier molecular flexibility index (Phi) is 5.27. The maximum atomic E-state index is 12.4. The number of hydrogen-bond donors (Lipinski definition) is 1. The van der Waals surface area contributed by atoms with Crippen LogP contribution in [0.3, 0.4) is 0 Å². The summed E-state index contributed by atoms with van der Waals surface area (Å²) in [4.78, 5) is 25.5. The molecule has 3 aromatic rings. The number of ether oxygens (including phenoxy) is 1. The Bertz CT molecular complexity index is 1170. The van der Waals surface area contributed by atoms with Gasteiger partial charge in [-0.2, -0.15) is 5.10 Å². The summed E-state index contributed by atoms with van der Waals surface area (Å²) in [6.07, 6.45) is 5.11. The van der Waals surface area contributed by atoms with Crippen LogP contribution in [-0.4, -0.2) is 44.0 Å². The van der Waals surface area contributed by atoms with E-state index < -0.39 is 11.6 Å². The van der Waals surface area contributed by atoms with Crippen molar-refractivity contribution in [3.8, 4) is 5.69 Å². The van der Waals surface area contributed by atoms with E-state index in [1.807, 2.05) is 63.5 Å². The lowest BCUT2D eigenvalue weighted by atomic mass is 9.99. The van der Waals surface area contributed by atoms with E-state index in [2.05, 4.69) is 5.10 Å². The van der Waals surface area contributed by atoms with Crippen molar-refractivity contribution in [3.05, 3.63) is 66.0 Å². The van der Waals surface area contributed by atoms with E-state index in [1.165, 1.54) is 0 Å². The molecule has 7 nitrogen and oxygen atoms in total. The monoisotopic (exact) mass is 419 g/mol. The van der Waals surface area contributed by atoms with E-state index in [9.17, 15) is 14.7 Å². The summed E-state index contributed by atoms with van der Waals surface area (Å²) in [5.41, 5.74) is 3.04. The first-order valence-corrected chi connectivity index (χ1v) is 10.2. The molecule has 31 heavy (non-hydrogen) atoms. The van der Waals surface area contributed by atoms with Crippen LogP contribution in [0.1, 0.15) is 49.5 Å². The molecule has 0 radical (unpaired) electrons. The molecule has 4 rings (SSSR count). The fraction of sp³-hybridized carbons (Fsp3) is 0.292. The molecule has 2 heterocycles. The van der Waals surface area contributed by atoms with E-state index >= 15 is 0 Å².